The van der Waals surface area contributed by atoms with Gasteiger partial charge in [0, 0.05) is 44.7 Å². The zero-order valence-electron chi connectivity index (χ0n) is 18.4. The third-order valence-corrected chi connectivity index (χ3v) is 6.31. The molecule has 2 aromatic carbocycles. The molecule has 0 radical (unpaired) electrons. The van der Waals surface area contributed by atoms with Crippen molar-refractivity contribution in [3.8, 4) is 5.75 Å². The maximum absolute atomic E-state index is 13.9. The molecular formula is C24H24FN3O5. The number of amides is 4. The Kier molecular flexibility index (Phi) is 5.88. The molecule has 33 heavy (non-hydrogen) atoms. The van der Waals surface area contributed by atoms with Crippen LogP contribution in [-0.2, 0) is 24.6 Å². The smallest absolute Gasteiger partial charge is 0.246 e. The molecule has 1 atom stereocenters. The summed E-state index contributed by atoms with van der Waals surface area (Å²) in [5, 5.41) is 0. The van der Waals surface area contributed by atoms with Gasteiger partial charge < -0.3 is 14.5 Å². The topological polar surface area (TPSA) is 87.2 Å². The third-order valence-electron chi connectivity index (χ3n) is 6.31. The number of methoxy groups -OCH3 is 1. The van der Waals surface area contributed by atoms with Crippen molar-refractivity contribution in [1.29, 1.82) is 0 Å². The lowest BCUT2D eigenvalue weighted by molar-refractivity contribution is -0.142. The second-order valence-corrected chi connectivity index (χ2v) is 8.27. The zero-order chi connectivity index (χ0) is 23.8. The molecule has 9 heteroatoms. The van der Waals surface area contributed by atoms with E-state index < -0.39 is 29.0 Å². The number of anilines is 1. The number of likely N-dealkylation sites (N-methyl/N-ethyl adjacent to an activating group) is 1. The number of benzene rings is 2. The fourth-order valence-electron chi connectivity index (χ4n) is 4.45. The number of carbonyl (C=O) groups is 4. The fraction of sp³-hybridized carbons (Fsp3) is 0.333. The maximum atomic E-state index is 13.9. The van der Waals surface area contributed by atoms with Gasteiger partial charge in [0.25, 0.3) is 0 Å². The first-order valence-corrected chi connectivity index (χ1v) is 10.5. The first kappa shape index (κ1) is 22.4. The van der Waals surface area contributed by atoms with E-state index in [4.69, 9.17) is 4.74 Å². The van der Waals surface area contributed by atoms with Gasteiger partial charge >= 0.3 is 0 Å². The summed E-state index contributed by atoms with van der Waals surface area (Å²) in [5.74, 6) is -1.63. The minimum Gasteiger partial charge on any atom is -0.497 e. The van der Waals surface area contributed by atoms with Crippen molar-refractivity contribution in [2.75, 3.05) is 38.7 Å². The monoisotopic (exact) mass is 453 g/mol. The fourth-order valence-corrected chi connectivity index (χ4v) is 4.45. The number of imide groups is 1. The Morgan fingerprint density at radius 2 is 1.82 bits per heavy atom. The zero-order valence-corrected chi connectivity index (χ0v) is 18.4. The Morgan fingerprint density at radius 3 is 2.45 bits per heavy atom. The van der Waals surface area contributed by atoms with Crippen molar-refractivity contribution in [2.45, 2.75) is 18.3 Å². The summed E-state index contributed by atoms with van der Waals surface area (Å²) in [6.45, 7) is 0.379. The predicted octanol–water partition coefficient (Wildman–Crippen LogP) is 1.73. The summed E-state index contributed by atoms with van der Waals surface area (Å²) in [4.78, 5) is 55.4. The lowest BCUT2D eigenvalue weighted by Crippen LogP contribution is -2.53. The second kappa shape index (κ2) is 8.65. The van der Waals surface area contributed by atoms with Crippen LogP contribution in [0.5, 0.6) is 5.75 Å². The van der Waals surface area contributed by atoms with Gasteiger partial charge in [0.2, 0.25) is 23.6 Å². The standard InChI is InChI=1S/C24H24FN3O5/c1-26-20(29)13-24(23(26)32,16-5-3-6-17(25)11-16)14-21(30)27-9-10-28(22(31)15-27)18-7-4-8-19(12-18)33-2/h3-8,11-12H,9-10,13-15H2,1-2H3/t24-/m1/s1. The van der Waals surface area contributed by atoms with Gasteiger partial charge in [-0.2, -0.15) is 0 Å². The molecule has 0 unspecified atom stereocenters. The molecule has 4 amide bonds. The van der Waals surface area contributed by atoms with Crippen LogP contribution >= 0.6 is 0 Å². The highest BCUT2D eigenvalue weighted by molar-refractivity contribution is 6.10. The van der Waals surface area contributed by atoms with E-state index in [-0.39, 0.29) is 43.9 Å². The lowest BCUT2D eigenvalue weighted by Gasteiger charge is -2.36. The largest absolute Gasteiger partial charge is 0.497 e. The van der Waals surface area contributed by atoms with Crippen LogP contribution in [0.3, 0.4) is 0 Å². The Labute approximate surface area is 190 Å². The number of hydrogen-bond donors (Lipinski definition) is 0. The number of piperazine rings is 1. The van der Waals surface area contributed by atoms with Gasteiger partial charge in [0.1, 0.15) is 18.1 Å². The quantitative estimate of drug-likeness (QED) is 0.644. The van der Waals surface area contributed by atoms with E-state index in [1.165, 1.54) is 30.1 Å². The first-order valence-electron chi connectivity index (χ1n) is 10.5. The minimum absolute atomic E-state index is 0.159. The SMILES string of the molecule is COc1cccc(N2CCN(C(=O)C[C@@]3(c4cccc(F)c4)CC(=O)N(C)C3=O)CC2=O)c1. The summed E-state index contributed by atoms with van der Waals surface area (Å²) in [6.07, 6.45) is -0.549. The normalized spacial score (nSPS) is 21.1. The van der Waals surface area contributed by atoms with Crippen LogP contribution in [0, 0.1) is 5.82 Å². The number of ether oxygens (including phenoxy) is 1. The van der Waals surface area contributed by atoms with E-state index in [9.17, 15) is 23.6 Å². The molecule has 0 saturated carbocycles. The molecule has 2 aliphatic rings. The molecule has 172 valence electrons. The van der Waals surface area contributed by atoms with Gasteiger partial charge in [-0.15, -0.1) is 0 Å². The van der Waals surface area contributed by atoms with E-state index in [1.54, 1.807) is 42.3 Å². The van der Waals surface area contributed by atoms with Crippen molar-refractivity contribution < 1.29 is 28.3 Å². The van der Waals surface area contributed by atoms with Gasteiger partial charge in [-0.3, -0.25) is 24.1 Å². The number of hydrogen-bond acceptors (Lipinski definition) is 5. The summed E-state index contributed by atoms with van der Waals surface area (Å²) in [5.41, 5.74) is -0.543. The highest BCUT2D eigenvalue weighted by atomic mass is 19.1. The molecule has 2 fully saturated rings. The summed E-state index contributed by atoms with van der Waals surface area (Å²) < 4.78 is 19.2. The van der Waals surface area contributed by atoms with Crippen LogP contribution in [-0.4, -0.2) is 67.2 Å². The molecule has 2 saturated heterocycles. The highest BCUT2D eigenvalue weighted by Crippen LogP contribution is 2.40. The number of carbonyl (C=O) groups excluding carboxylic acids is 4. The Hall–Kier alpha value is -3.75. The van der Waals surface area contributed by atoms with Crippen molar-refractivity contribution in [2.24, 2.45) is 0 Å². The Bertz CT molecular complexity index is 1140. The summed E-state index contributed by atoms with van der Waals surface area (Å²) >= 11 is 0. The molecule has 0 aliphatic carbocycles. The van der Waals surface area contributed by atoms with Gasteiger partial charge in [-0.1, -0.05) is 18.2 Å². The first-order chi connectivity index (χ1) is 15.7. The van der Waals surface area contributed by atoms with E-state index in [1.807, 2.05) is 0 Å². The van der Waals surface area contributed by atoms with Crippen LogP contribution in [0.1, 0.15) is 18.4 Å². The van der Waals surface area contributed by atoms with Gasteiger partial charge in [0.15, 0.2) is 0 Å². The Morgan fingerprint density at radius 1 is 1.06 bits per heavy atom. The average molecular weight is 453 g/mol. The third kappa shape index (κ3) is 4.06. The molecule has 2 aromatic rings. The predicted molar refractivity (Wildman–Crippen MR) is 117 cm³/mol. The number of likely N-dealkylation sites (tertiary alicyclic amines) is 1. The van der Waals surface area contributed by atoms with Crippen molar-refractivity contribution in [3.63, 3.8) is 0 Å². The average Bonchev–Trinajstić information content (AvgIpc) is 3.03. The van der Waals surface area contributed by atoms with Crippen LogP contribution in [0.4, 0.5) is 10.1 Å². The molecule has 0 aromatic heterocycles. The van der Waals surface area contributed by atoms with E-state index >= 15 is 0 Å². The van der Waals surface area contributed by atoms with Gasteiger partial charge in [0.05, 0.1) is 12.5 Å². The minimum atomic E-state index is -1.49. The number of rotatable bonds is 5. The molecule has 2 aliphatic heterocycles. The van der Waals surface area contributed by atoms with Crippen molar-refractivity contribution in [3.05, 3.63) is 59.9 Å². The van der Waals surface area contributed by atoms with Gasteiger partial charge in [-0.25, -0.2) is 4.39 Å². The molecular weight excluding hydrogens is 429 g/mol. The van der Waals surface area contributed by atoms with E-state index in [0.29, 0.717) is 11.4 Å². The summed E-state index contributed by atoms with van der Waals surface area (Å²) in [7, 11) is 2.89. The Balaban J connectivity index is 1.54. The molecule has 0 N–H and O–H groups in total. The molecule has 0 bridgehead atoms. The van der Waals surface area contributed by atoms with Crippen LogP contribution in [0.25, 0.3) is 0 Å². The number of halogens is 1. The van der Waals surface area contributed by atoms with E-state index in [2.05, 4.69) is 0 Å². The molecule has 0 spiro atoms. The van der Waals surface area contributed by atoms with Gasteiger partial charge in [-0.05, 0) is 29.8 Å². The summed E-state index contributed by atoms with van der Waals surface area (Å²) in [6, 6.07) is 12.5. The van der Waals surface area contributed by atoms with Crippen LogP contribution in [0.15, 0.2) is 48.5 Å². The second-order valence-electron chi connectivity index (χ2n) is 8.27. The number of nitrogens with zero attached hydrogens (tertiary/aromatic N) is 3. The molecule has 2 heterocycles. The molecule has 8 nitrogen and oxygen atoms in total. The van der Waals surface area contributed by atoms with Crippen LogP contribution in [0.2, 0.25) is 0 Å². The van der Waals surface area contributed by atoms with E-state index in [0.717, 1.165) is 4.90 Å². The highest BCUT2D eigenvalue weighted by Gasteiger charge is 2.53. The van der Waals surface area contributed by atoms with Crippen molar-refractivity contribution >= 4 is 29.3 Å². The maximum Gasteiger partial charge on any atom is 0.246 e. The van der Waals surface area contributed by atoms with Crippen molar-refractivity contribution in [1.82, 2.24) is 9.80 Å². The lowest BCUT2D eigenvalue weighted by atomic mass is 9.75. The van der Waals surface area contributed by atoms with Crippen LogP contribution < -0.4 is 9.64 Å². The molecule has 4 rings (SSSR count).